The molecule has 0 saturated heterocycles. The van der Waals surface area contributed by atoms with Crippen LogP contribution in [0.15, 0.2) is 12.2 Å². The van der Waals surface area contributed by atoms with Gasteiger partial charge in [-0.2, -0.15) is 0 Å². The molecule has 0 radical (unpaired) electrons. The Balaban J connectivity index is 0. The molecule has 0 aliphatic heterocycles. The van der Waals surface area contributed by atoms with Gasteiger partial charge in [0.05, 0.1) is 0 Å². The molecule has 1 rings (SSSR count). The fraction of sp³-hybridized carbons (Fsp3) is 0.700. The number of amides is 1. The van der Waals surface area contributed by atoms with Gasteiger partial charge in [-0.3, -0.25) is 4.79 Å². The number of hydrogen-bond donors (Lipinski definition) is 1. The molecule has 14 heavy (non-hydrogen) atoms. The van der Waals surface area contributed by atoms with E-state index in [1.165, 1.54) is 32.1 Å². The molecule has 1 fully saturated rings. The minimum absolute atomic E-state index is 0. The molecule has 0 aromatic heterocycles. The van der Waals surface area contributed by atoms with Crippen molar-refractivity contribution in [2.75, 3.05) is 0 Å². The van der Waals surface area contributed by atoms with Crippen LogP contribution in [0.25, 0.3) is 0 Å². The summed E-state index contributed by atoms with van der Waals surface area (Å²) in [5.74, 6) is -0.435. The molecule has 1 amide bonds. The third-order valence-electron chi connectivity index (χ3n) is 1.96. The molecule has 1 saturated carbocycles. The van der Waals surface area contributed by atoms with Crippen molar-refractivity contribution in [2.45, 2.75) is 43.9 Å². The predicted octanol–water partition coefficient (Wildman–Crippen LogP) is 2.11. The molecule has 0 heterocycles. The number of carbonyl (C=O) groups excluding carboxylic acids is 1. The van der Waals surface area contributed by atoms with E-state index in [1.54, 1.807) is 6.92 Å². The van der Waals surface area contributed by atoms with Gasteiger partial charge in [-0.05, 0) is 19.8 Å². The van der Waals surface area contributed by atoms with Crippen molar-refractivity contribution >= 4 is 73.2 Å². The van der Waals surface area contributed by atoms with E-state index >= 15 is 0 Å². The van der Waals surface area contributed by atoms with Gasteiger partial charge in [-0.15, -0.1) is 0 Å². The van der Waals surface area contributed by atoms with Crippen LogP contribution in [0.3, 0.4) is 0 Å². The number of halogens is 1. The molecule has 0 spiro atoms. The van der Waals surface area contributed by atoms with Crippen molar-refractivity contribution in [1.29, 1.82) is 0 Å². The van der Waals surface area contributed by atoms with E-state index in [0.29, 0.717) is 5.57 Å². The van der Waals surface area contributed by atoms with Gasteiger partial charge in [0, 0.05) is 10.4 Å². The summed E-state index contributed by atoms with van der Waals surface area (Å²) in [5, 5.41) is 0. The Hall–Kier alpha value is 1.33. The summed E-state index contributed by atoms with van der Waals surface area (Å²) < 4.78 is 0. The van der Waals surface area contributed by atoms with Gasteiger partial charge in [0.2, 0.25) is 5.91 Å². The van der Waals surface area contributed by atoms with Gasteiger partial charge < -0.3 is 5.73 Å². The summed E-state index contributed by atoms with van der Waals surface area (Å²) in [6, 6.07) is 0. The van der Waals surface area contributed by atoms with Gasteiger partial charge in [0.1, 0.15) is 0 Å². The van der Waals surface area contributed by atoms with Crippen LogP contribution in [0.4, 0.5) is 0 Å². The Morgan fingerprint density at radius 1 is 1.36 bits per heavy atom. The first kappa shape index (κ1) is 17.7. The second kappa shape index (κ2) is 10.8. The number of rotatable bonds is 1. The molecular formula is C10H19BrKNO. The Morgan fingerprint density at radius 3 is 1.86 bits per heavy atom. The van der Waals surface area contributed by atoms with E-state index < -0.39 is 5.91 Å². The Morgan fingerprint density at radius 2 is 1.71 bits per heavy atom. The van der Waals surface area contributed by atoms with E-state index in [4.69, 9.17) is 5.73 Å². The molecule has 0 aromatic carbocycles. The summed E-state index contributed by atoms with van der Waals surface area (Å²) in [5.41, 5.74) is 5.09. The molecular weight excluding hydrogens is 269 g/mol. The quantitative estimate of drug-likeness (QED) is 0.448. The number of alkyl halides is 1. The summed E-state index contributed by atoms with van der Waals surface area (Å²) >= 11 is 3.59. The number of hydrogen-bond acceptors (Lipinski definition) is 1. The molecule has 2 nitrogen and oxygen atoms in total. The van der Waals surface area contributed by atoms with E-state index in [2.05, 4.69) is 22.5 Å². The molecule has 0 aromatic rings. The first-order chi connectivity index (χ1) is 6.04. The molecule has 0 bridgehead atoms. The van der Waals surface area contributed by atoms with Crippen LogP contribution in [0.1, 0.15) is 39.0 Å². The zero-order valence-corrected chi connectivity index (χ0v) is 9.77. The molecule has 1 aliphatic rings. The van der Waals surface area contributed by atoms with Gasteiger partial charge in [0.25, 0.3) is 0 Å². The van der Waals surface area contributed by atoms with Crippen molar-refractivity contribution in [3.8, 4) is 0 Å². The van der Waals surface area contributed by atoms with Gasteiger partial charge >= 0.3 is 51.4 Å². The normalized spacial score (nSPS) is 15.9. The van der Waals surface area contributed by atoms with Gasteiger partial charge in [-0.25, -0.2) is 0 Å². The fourth-order valence-electron chi connectivity index (χ4n) is 1.05. The zero-order chi connectivity index (χ0) is 10.3. The number of carbonyl (C=O) groups is 1. The fourth-order valence-corrected chi connectivity index (χ4v) is 1.70. The zero-order valence-electron chi connectivity index (χ0n) is 8.18. The van der Waals surface area contributed by atoms with Crippen LogP contribution in [-0.2, 0) is 4.79 Å². The van der Waals surface area contributed by atoms with Crippen LogP contribution in [-0.4, -0.2) is 62.1 Å². The molecule has 0 atom stereocenters. The van der Waals surface area contributed by atoms with E-state index in [-0.39, 0.29) is 51.4 Å². The van der Waals surface area contributed by atoms with Crippen LogP contribution in [0.5, 0.6) is 0 Å². The van der Waals surface area contributed by atoms with Crippen LogP contribution >= 0.6 is 15.9 Å². The van der Waals surface area contributed by atoms with Crippen molar-refractivity contribution in [3.63, 3.8) is 0 Å². The Labute approximate surface area is 138 Å². The van der Waals surface area contributed by atoms with Gasteiger partial charge in [0.15, 0.2) is 0 Å². The van der Waals surface area contributed by atoms with Crippen LogP contribution in [0.2, 0.25) is 0 Å². The summed E-state index contributed by atoms with van der Waals surface area (Å²) in [7, 11) is 0. The molecule has 78 valence electrons. The van der Waals surface area contributed by atoms with Gasteiger partial charge in [-0.1, -0.05) is 41.8 Å². The second-order valence-corrected chi connectivity index (χ2v) is 4.67. The third kappa shape index (κ3) is 11.4. The average Bonchev–Trinajstić information content (AvgIpc) is 2.06. The molecule has 1 aliphatic carbocycles. The number of nitrogens with two attached hydrogens (primary N) is 1. The first-order valence-corrected chi connectivity index (χ1v) is 5.55. The summed E-state index contributed by atoms with van der Waals surface area (Å²) in [6.45, 7) is 4.85. The third-order valence-corrected chi connectivity index (χ3v) is 2.87. The maximum atomic E-state index is 9.82. The predicted molar refractivity (Wildman–Crippen MR) is 67.0 cm³/mol. The van der Waals surface area contributed by atoms with Crippen molar-refractivity contribution in [3.05, 3.63) is 12.2 Å². The van der Waals surface area contributed by atoms with Crippen molar-refractivity contribution in [2.24, 2.45) is 5.73 Å². The second-order valence-electron chi connectivity index (χ2n) is 3.38. The van der Waals surface area contributed by atoms with E-state index in [0.717, 1.165) is 4.83 Å². The number of primary amides is 1. The summed E-state index contributed by atoms with van der Waals surface area (Å²) in [4.78, 5) is 10.7. The standard InChI is InChI=1S/C6H11Br.C4H7NO.K.H/c7-6-4-2-1-3-5-6;1-3(2)4(5)6;;/h6H,1-5H2;1H2,2H3,(H2,5,6);;. The molecule has 4 heteroatoms. The monoisotopic (exact) mass is 287 g/mol. The van der Waals surface area contributed by atoms with Crippen molar-refractivity contribution in [1.82, 2.24) is 0 Å². The Kier molecular flexibility index (Phi) is 13.7. The maximum absolute atomic E-state index is 9.82. The van der Waals surface area contributed by atoms with Crippen LogP contribution < -0.4 is 5.73 Å². The van der Waals surface area contributed by atoms with Crippen LogP contribution in [0, 0.1) is 0 Å². The Bertz CT molecular complexity index is 167. The van der Waals surface area contributed by atoms with E-state index in [9.17, 15) is 4.79 Å². The summed E-state index contributed by atoms with van der Waals surface area (Å²) in [6.07, 6.45) is 7.15. The average molecular weight is 288 g/mol. The topological polar surface area (TPSA) is 43.1 Å². The minimum atomic E-state index is -0.435. The van der Waals surface area contributed by atoms with E-state index in [1.807, 2.05) is 0 Å². The van der Waals surface area contributed by atoms with Crippen molar-refractivity contribution < 1.29 is 4.79 Å². The SMILES string of the molecule is BrC1CCCCC1.C=C(C)C(N)=O.[KH]. The molecule has 2 N–H and O–H groups in total. The molecule has 0 unspecified atom stereocenters. The first-order valence-electron chi connectivity index (χ1n) is 4.63.